The van der Waals surface area contributed by atoms with Crippen LogP contribution in [0, 0.1) is 5.92 Å². The molecule has 1 atom stereocenters. The Kier molecular flexibility index (Phi) is 3.83. The highest BCUT2D eigenvalue weighted by molar-refractivity contribution is 9.10. The zero-order valence-corrected chi connectivity index (χ0v) is 12.5. The average molecular weight is 332 g/mol. The second kappa shape index (κ2) is 5.75. The van der Waals surface area contributed by atoms with Crippen molar-refractivity contribution < 1.29 is 9.53 Å². The van der Waals surface area contributed by atoms with E-state index in [9.17, 15) is 4.79 Å². The molecule has 20 heavy (non-hydrogen) atoms. The number of Topliss-reactive ketones (excluding diaryl/α,β-unsaturated/α-hetero) is 1. The average Bonchev–Trinajstić information content (AvgIpc) is 2.49. The van der Waals surface area contributed by atoms with Crippen LogP contribution >= 0.6 is 15.9 Å². The molecule has 0 fully saturated rings. The number of hydrogen-bond donors (Lipinski definition) is 0. The summed E-state index contributed by atoms with van der Waals surface area (Å²) in [6.07, 6.45) is 2.84. The van der Waals surface area contributed by atoms with Crippen molar-refractivity contribution in [3.63, 3.8) is 0 Å². The van der Waals surface area contributed by atoms with Gasteiger partial charge in [-0.3, -0.25) is 9.78 Å². The van der Waals surface area contributed by atoms with E-state index < -0.39 is 0 Å². The monoisotopic (exact) mass is 331 g/mol. The van der Waals surface area contributed by atoms with E-state index in [1.54, 1.807) is 6.20 Å². The Morgan fingerprint density at radius 1 is 1.30 bits per heavy atom. The Labute approximate surface area is 126 Å². The summed E-state index contributed by atoms with van der Waals surface area (Å²) in [4.78, 5) is 16.6. The molecule has 2 heterocycles. The molecule has 0 saturated carbocycles. The third kappa shape index (κ3) is 2.90. The van der Waals surface area contributed by atoms with E-state index in [1.807, 2.05) is 36.4 Å². The molecular weight excluding hydrogens is 318 g/mol. The van der Waals surface area contributed by atoms with E-state index in [0.717, 1.165) is 27.9 Å². The van der Waals surface area contributed by atoms with Gasteiger partial charge < -0.3 is 4.74 Å². The Hall–Kier alpha value is -1.68. The van der Waals surface area contributed by atoms with E-state index in [2.05, 4.69) is 20.9 Å². The summed E-state index contributed by atoms with van der Waals surface area (Å²) >= 11 is 3.34. The number of fused-ring (bicyclic) bond motifs is 1. The van der Waals surface area contributed by atoms with Crippen molar-refractivity contribution in [1.29, 1.82) is 0 Å². The number of benzene rings is 1. The molecule has 1 aliphatic rings. The van der Waals surface area contributed by atoms with Crippen LogP contribution in [0.5, 0.6) is 5.75 Å². The molecule has 102 valence electrons. The van der Waals surface area contributed by atoms with Crippen LogP contribution in [0.15, 0.2) is 47.1 Å². The van der Waals surface area contributed by atoms with Gasteiger partial charge in [-0.15, -0.1) is 0 Å². The number of carbonyl (C=O) groups is 1. The number of halogens is 1. The topological polar surface area (TPSA) is 39.2 Å². The summed E-state index contributed by atoms with van der Waals surface area (Å²) in [6, 6.07) is 11.7. The normalized spacial score (nSPS) is 17.1. The third-order valence-corrected chi connectivity index (χ3v) is 3.95. The zero-order valence-electron chi connectivity index (χ0n) is 10.9. The van der Waals surface area contributed by atoms with Crippen LogP contribution in [0.2, 0.25) is 0 Å². The molecule has 1 aromatic carbocycles. The first-order chi connectivity index (χ1) is 9.72. The fraction of sp³-hybridized carbons (Fsp3) is 0.250. The van der Waals surface area contributed by atoms with Crippen LogP contribution in [0.1, 0.15) is 11.3 Å². The van der Waals surface area contributed by atoms with Gasteiger partial charge in [0.25, 0.3) is 0 Å². The number of ketones is 1. The number of carbonyl (C=O) groups excluding carboxylic acids is 1. The largest absolute Gasteiger partial charge is 0.493 e. The lowest BCUT2D eigenvalue weighted by atomic mass is 9.91. The Morgan fingerprint density at radius 3 is 2.95 bits per heavy atom. The molecule has 1 unspecified atom stereocenters. The Bertz CT molecular complexity index is 625. The van der Waals surface area contributed by atoms with Gasteiger partial charge in [0.2, 0.25) is 0 Å². The Morgan fingerprint density at radius 2 is 2.15 bits per heavy atom. The second-order valence-corrected chi connectivity index (χ2v) is 5.85. The summed E-state index contributed by atoms with van der Waals surface area (Å²) in [5.74, 6) is 1.02. The van der Waals surface area contributed by atoms with Crippen LogP contribution in [-0.2, 0) is 17.6 Å². The summed E-state index contributed by atoms with van der Waals surface area (Å²) in [5.41, 5.74) is 1.91. The lowest BCUT2D eigenvalue weighted by Crippen LogP contribution is -2.29. The molecule has 0 N–H and O–H groups in total. The van der Waals surface area contributed by atoms with Crippen molar-refractivity contribution in [3.8, 4) is 5.75 Å². The minimum Gasteiger partial charge on any atom is -0.493 e. The number of rotatable bonds is 3. The quantitative estimate of drug-likeness (QED) is 0.866. The van der Waals surface area contributed by atoms with Crippen LogP contribution in [0.4, 0.5) is 0 Å². The van der Waals surface area contributed by atoms with E-state index in [4.69, 9.17) is 4.74 Å². The molecule has 0 amide bonds. The molecule has 0 saturated heterocycles. The molecule has 0 radical (unpaired) electrons. The van der Waals surface area contributed by atoms with Crippen molar-refractivity contribution in [2.45, 2.75) is 12.8 Å². The molecule has 3 nitrogen and oxygen atoms in total. The van der Waals surface area contributed by atoms with Crippen LogP contribution < -0.4 is 4.74 Å². The van der Waals surface area contributed by atoms with Crippen LogP contribution in [0.25, 0.3) is 0 Å². The van der Waals surface area contributed by atoms with Gasteiger partial charge in [-0.05, 0) is 46.1 Å². The van der Waals surface area contributed by atoms with Crippen LogP contribution in [0.3, 0.4) is 0 Å². The second-order valence-electron chi connectivity index (χ2n) is 4.93. The molecule has 1 aliphatic heterocycles. The number of hydrogen-bond acceptors (Lipinski definition) is 3. The molecule has 0 spiro atoms. The van der Waals surface area contributed by atoms with E-state index in [-0.39, 0.29) is 11.7 Å². The fourth-order valence-corrected chi connectivity index (χ4v) is 2.60. The predicted molar refractivity (Wildman–Crippen MR) is 79.8 cm³/mol. The molecule has 0 bridgehead atoms. The minimum absolute atomic E-state index is 0.0738. The Balaban J connectivity index is 1.68. The number of para-hydroxylation sites is 1. The van der Waals surface area contributed by atoms with Gasteiger partial charge in [-0.1, -0.05) is 18.2 Å². The van der Waals surface area contributed by atoms with E-state index in [0.29, 0.717) is 13.0 Å². The lowest BCUT2D eigenvalue weighted by molar-refractivity contribution is -0.123. The van der Waals surface area contributed by atoms with Gasteiger partial charge in [0.05, 0.1) is 12.5 Å². The SMILES string of the molecule is O=C(Cc1ccc(Br)cn1)C1COc2ccccc2C1. The highest BCUT2D eigenvalue weighted by atomic mass is 79.9. The summed E-state index contributed by atoms with van der Waals surface area (Å²) < 4.78 is 6.59. The standard InChI is InChI=1S/C16H14BrNO2/c17-13-5-6-14(18-9-13)8-15(19)12-7-11-3-1-2-4-16(11)20-10-12/h1-6,9,12H,7-8,10H2. The third-order valence-electron chi connectivity index (χ3n) is 3.48. The summed E-state index contributed by atoms with van der Waals surface area (Å²) in [5, 5.41) is 0. The molecule has 2 aromatic rings. The maximum Gasteiger partial charge on any atom is 0.145 e. The van der Waals surface area contributed by atoms with Gasteiger partial charge in [-0.2, -0.15) is 0 Å². The lowest BCUT2D eigenvalue weighted by Gasteiger charge is -2.24. The van der Waals surface area contributed by atoms with Crippen molar-refractivity contribution in [2.24, 2.45) is 5.92 Å². The predicted octanol–water partition coefficient (Wildman–Crippen LogP) is 3.21. The molecular formula is C16H14BrNO2. The fourth-order valence-electron chi connectivity index (χ4n) is 2.37. The van der Waals surface area contributed by atoms with Crippen molar-refractivity contribution in [2.75, 3.05) is 6.61 Å². The van der Waals surface area contributed by atoms with Crippen molar-refractivity contribution in [3.05, 3.63) is 58.3 Å². The number of aromatic nitrogens is 1. The van der Waals surface area contributed by atoms with E-state index in [1.165, 1.54) is 0 Å². The van der Waals surface area contributed by atoms with Crippen molar-refractivity contribution in [1.82, 2.24) is 4.98 Å². The smallest absolute Gasteiger partial charge is 0.145 e. The maximum atomic E-state index is 12.3. The number of pyridine rings is 1. The van der Waals surface area contributed by atoms with Crippen LogP contribution in [-0.4, -0.2) is 17.4 Å². The number of ether oxygens (including phenoxy) is 1. The van der Waals surface area contributed by atoms with Gasteiger partial charge in [-0.25, -0.2) is 0 Å². The summed E-state index contributed by atoms with van der Waals surface area (Å²) in [6.45, 7) is 0.465. The van der Waals surface area contributed by atoms with E-state index >= 15 is 0 Å². The molecule has 1 aromatic heterocycles. The van der Waals surface area contributed by atoms with Gasteiger partial charge in [0.15, 0.2) is 0 Å². The molecule has 0 aliphatic carbocycles. The summed E-state index contributed by atoms with van der Waals surface area (Å²) in [7, 11) is 0. The van der Waals surface area contributed by atoms with Gasteiger partial charge >= 0.3 is 0 Å². The number of nitrogens with zero attached hydrogens (tertiary/aromatic N) is 1. The van der Waals surface area contributed by atoms with Gasteiger partial charge in [0, 0.05) is 22.8 Å². The molecule has 4 heteroatoms. The van der Waals surface area contributed by atoms with Crippen molar-refractivity contribution >= 4 is 21.7 Å². The first-order valence-electron chi connectivity index (χ1n) is 6.56. The highest BCUT2D eigenvalue weighted by Crippen LogP contribution is 2.27. The first-order valence-corrected chi connectivity index (χ1v) is 7.35. The minimum atomic E-state index is -0.0738. The highest BCUT2D eigenvalue weighted by Gasteiger charge is 2.25. The zero-order chi connectivity index (χ0) is 13.9. The first kappa shape index (κ1) is 13.3. The molecule has 3 rings (SSSR count). The van der Waals surface area contributed by atoms with Gasteiger partial charge in [0.1, 0.15) is 11.5 Å². The maximum absolute atomic E-state index is 12.3.